The maximum atomic E-state index is 12.3. The van der Waals surface area contributed by atoms with E-state index >= 15 is 0 Å². The Kier molecular flexibility index (Phi) is 5.42. The molecule has 2 aliphatic heterocycles. The van der Waals surface area contributed by atoms with Crippen LogP contribution < -0.4 is 15.5 Å². The van der Waals surface area contributed by atoms with Crippen molar-refractivity contribution in [1.82, 2.24) is 10.6 Å². The van der Waals surface area contributed by atoms with Gasteiger partial charge in [-0.25, -0.2) is 0 Å². The zero-order chi connectivity index (χ0) is 14.8. The van der Waals surface area contributed by atoms with Crippen molar-refractivity contribution < 1.29 is 9.59 Å². The van der Waals surface area contributed by atoms with Gasteiger partial charge >= 0.3 is 0 Å². The summed E-state index contributed by atoms with van der Waals surface area (Å²) in [6.45, 7) is 4.16. The third kappa shape index (κ3) is 3.42. The lowest BCUT2D eigenvalue weighted by molar-refractivity contribution is -0.116. The SMILES string of the molecule is CC(=O)N1CCc2cc(C(=O)NC3CCCNC3)ccc21.Cl. The Morgan fingerprint density at radius 3 is 2.86 bits per heavy atom. The second-order valence-corrected chi connectivity index (χ2v) is 5.78. The highest BCUT2D eigenvalue weighted by Gasteiger charge is 2.23. The summed E-state index contributed by atoms with van der Waals surface area (Å²) in [5, 5.41) is 6.37. The van der Waals surface area contributed by atoms with Crippen molar-refractivity contribution in [3.63, 3.8) is 0 Å². The summed E-state index contributed by atoms with van der Waals surface area (Å²) in [5.74, 6) is 0.0343. The smallest absolute Gasteiger partial charge is 0.251 e. The summed E-state index contributed by atoms with van der Waals surface area (Å²) in [5.41, 5.74) is 2.71. The number of nitrogens with zero attached hydrogens (tertiary/aromatic N) is 1. The van der Waals surface area contributed by atoms with E-state index < -0.39 is 0 Å². The third-order valence-electron chi connectivity index (χ3n) is 4.25. The summed E-state index contributed by atoms with van der Waals surface area (Å²) in [6.07, 6.45) is 2.95. The molecule has 1 atom stereocenters. The molecular formula is C16H22ClN3O2. The number of benzene rings is 1. The first-order valence-corrected chi connectivity index (χ1v) is 7.58. The number of anilines is 1. The number of hydrogen-bond donors (Lipinski definition) is 2. The monoisotopic (exact) mass is 323 g/mol. The Bertz CT molecular complexity index is 571. The minimum Gasteiger partial charge on any atom is -0.348 e. The van der Waals surface area contributed by atoms with E-state index in [1.807, 2.05) is 18.2 Å². The van der Waals surface area contributed by atoms with Crippen LogP contribution in [0.1, 0.15) is 35.7 Å². The highest BCUT2D eigenvalue weighted by atomic mass is 35.5. The quantitative estimate of drug-likeness (QED) is 0.867. The fourth-order valence-corrected chi connectivity index (χ4v) is 3.11. The van der Waals surface area contributed by atoms with Crippen LogP contribution >= 0.6 is 12.4 Å². The van der Waals surface area contributed by atoms with Crippen LogP contribution in [0.2, 0.25) is 0 Å². The van der Waals surface area contributed by atoms with Gasteiger partial charge in [0, 0.05) is 37.3 Å². The summed E-state index contributed by atoms with van der Waals surface area (Å²) < 4.78 is 0. The molecule has 2 N–H and O–H groups in total. The van der Waals surface area contributed by atoms with Gasteiger partial charge in [-0.15, -0.1) is 12.4 Å². The highest BCUT2D eigenvalue weighted by Crippen LogP contribution is 2.28. The molecule has 2 heterocycles. The van der Waals surface area contributed by atoms with Crippen molar-refractivity contribution in [3.8, 4) is 0 Å². The van der Waals surface area contributed by atoms with Gasteiger partial charge in [-0.3, -0.25) is 9.59 Å². The third-order valence-corrected chi connectivity index (χ3v) is 4.25. The molecule has 120 valence electrons. The second-order valence-electron chi connectivity index (χ2n) is 5.78. The van der Waals surface area contributed by atoms with Crippen LogP contribution in [0, 0.1) is 0 Å². The van der Waals surface area contributed by atoms with E-state index in [-0.39, 0.29) is 30.3 Å². The van der Waals surface area contributed by atoms with Gasteiger partial charge in [-0.05, 0) is 49.6 Å². The average Bonchev–Trinajstić information content (AvgIpc) is 2.91. The molecule has 0 bridgehead atoms. The van der Waals surface area contributed by atoms with E-state index in [2.05, 4.69) is 10.6 Å². The number of carbonyl (C=O) groups is 2. The van der Waals surface area contributed by atoms with Crippen molar-refractivity contribution in [2.24, 2.45) is 0 Å². The summed E-state index contributed by atoms with van der Waals surface area (Å²) in [7, 11) is 0. The van der Waals surface area contributed by atoms with Gasteiger partial charge in [0.15, 0.2) is 0 Å². The Hall–Kier alpha value is -1.59. The predicted molar refractivity (Wildman–Crippen MR) is 88.8 cm³/mol. The fourth-order valence-electron chi connectivity index (χ4n) is 3.11. The van der Waals surface area contributed by atoms with E-state index in [9.17, 15) is 9.59 Å². The molecule has 0 spiro atoms. The van der Waals surface area contributed by atoms with Gasteiger partial charge in [0.2, 0.25) is 5.91 Å². The van der Waals surface area contributed by atoms with Gasteiger partial charge in [0.25, 0.3) is 5.91 Å². The number of amides is 2. The van der Waals surface area contributed by atoms with E-state index in [4.69, 9.17) is 0 Å². The maximum Gasteiger partial charge on any atom is 0.251 e. The number of fused-ring (bicyclic) bond motifs is 1. The van der Waals surface area contributed by atoms with Crippen LogP contribution in [0.3, 0.4) is 0 Å². The van der Waals surface area contributed by atoms with Gasteiger partial charge in [0.05, 0.1) is 0 Å². The summed E-state index contributed by atoms with van der Waals surface area (Å²) in [4.78, 5) is 25.6. The minimum absolute atomic E-state index is 0. The molecule has 0 radical (unpaired) electrons. The van der Waals surface area contributed by atoms with E-state index in [0.717, 1.165) is 43.6 Å². The molecular weight excluding hydrogens is 302 g/mol. The van der Waals surface area contributed by atoms with Crippen LogP contribution in [0.5, 0.6) is 0 Å². The van der Waals surface area contributed by atoms with Crippen molar-refractivity contribution in [2.75, 3.05) is 24.5 Å². The number of nitrogens with one attached hydrogen (secondary N) is 2. The minimum atomic E-state index is -0.0206. The number of halogens is 1. The largest absolute Gasteiger partial charge is 0.348 e. The van der Waals surface area contributed by atoms with Crippen molar-refractivity contribution in [1.29, 1.82) is 0 Å². The van der Waals surface area contributed by atoms with Crippen LogP contribution in [0.25, 0.3) is 0 Å². The van der Waals surface area contributed by atoms with Crippen LogP contribution in [-0.2, 0) is 11.2 Å². The Morgan fingerprint density at radius 2 is 2.18 bits per heavy atom. The zero-order valence-electron chi connectivity index (χ0n) is 12.7. The standard InChI is InChI=1S/C16H21N3O2.ClH/c1-11(20)19-8-6-12-9-13(4-5-15(12)19)16(21)18-14-3-2-7-17-10-14;/h4-5,9,14,17H,2-3,6-8,10H2,1H3,(H,18,21);1H. The number of carbonyl (C=O) groups excluding carboxylic acids is 2. The van der Waals surface area contributed by atoms with Gasteiger partial charge in [-0.1, -0.05) is 0 Å². The summed E-state index contributed by atoms with van der Waals surface area (Å²) >= 11 is 0. The number of piperidine rings is 1. The molecule has 1 saturated heterocycles. The first-order chi connectivity index (χ1) is 10.1. The molecule has 1 aromatic carbocycles. The number of hydrogen-bond acceptors (Lipinski definition) is 3. The Balaban J connectivity index is 0.00000176. The molecule has 22 heavy (non-hydrogen) atoms. The first kappa shape index (κ1) is 16.8. The molecule has 3 rings (SSSR count). The first-order valence-electron chi connectivity index (χ1n) is 7.58. The van der Waals surface area contributed by atoms with E-state index in [0.29, 0.717) is 12.1 Å². The van der Waals surface area contributed by atoms with Gasteiger partial charge < -0.3 is 15.5 Å². The highest BCUT2D eigenvalue weighted by molar-refractivity contribution is 5.98. The predicted octanol–water partition coefficient (Wildman–Crippen LogP) is 1.50. The molecule has 1 fully saturated rings. The molecule has 1 unspecified atom stereocenters. The lowest BCUT2D eigenvalue weighted by Gasteiger charge is -2.24. The molecule has 6 heteroatoms. The molecule has 1 aromatic rings. The molecule has 0 aliphatic carbocycles. The zero-order valence-corrected chi connectivity index (χ0v) is 13.5. The van der Waals surface area contributed by atoms with Crippen LogP contribution in [0.15, 0.2) is 18.2 Å². The van der Waals surface area contributed by atoms with Gasteiger partial charge in [0.1, 0.15) is 0 Å². The Morgan fingerprint density at radius 1 is 1.36 bits per heavy atom. The Labute approximate surface area is 136 Å². The molecule has 2 amide bonds. The van der Waals surface area contributed by atoms with Crippen molar-refractivity contribution >= 4 is 29.9 Å². The van der Waals surface area contributed by atoms with Crippen molar-refractivity contribution in [3.05, 3.63) is 29.3 Å². The molecule has 2 aliphatic rings. The van der Waals surface area contributed by atoms with Crippen molar-refractivity contribution in [2.45, 2.75) is 32.2 Å². The molecule has 5 nitrogen and oxygen atoms in total. The fraction of sp³-hybridized carbons (Fsp3) is 0.500. The van der Waals surface area contributed by atoms with E-state index in [1.54, 1.807) is 11.8 Å². The normalized spacial score (nSPS) is 20.0. The van der Waals surface area contributed by atoms with Crippen LogP contribution in [-0.4, -0.2) is 37.5 Å². The van der Waals surface area contributed by atoms with Gasteiger partial charge in [-0.2, -0.15) is 0 Å². The molecule has 0 aromatic heterocycles. The van der Waals surface area contributed by atoms with E-state index in [1.165, 1.54) is 0 Å². The summed E-state index contributed by atoms with van der Waals surface area (Å²) in [6, 6.07) is 5.83. The average molecular weight is 324 g/mol. The molecule has 0 saturated carbocycles. The maximum absolute atomic E-state index is 12.3. The van der Waals surface area contributed by atoms with Crippen LogP contribution in [0.4, 0.5) is 5.69 Å². The topological polar surface area (TPSA) is 61.4 Å². The lowest BCUT2D eigenvalue weighted by atomic mass is 10.1. The lowest BCUT2D eigenvalue weighted by Crippen LogP contribution is -2.45. The number of rotatable bonds is 2. The second kappa shape index (κ2) is 7.11.